The van der Waals surface area contributed by atoms with E-state index in [0.717, 1.165) is 30.5 Å². The lowest BCUT2D eigenvalue weighted by Gasteiger charge is -2.30. The van der Waals surface area contributed by atoms with E-state index < -0.39 is 0 Å². The molecule has 196 valence electrons. The number of nitrogens with zero attached hydrogens (tertiary/aromatic N) is 4. The predicted molar refractivity (Wildman–Crippen MR) is 145 cm³/mol. The van der Waals surface area contributed by atoms with Crippen LogP contribution in [-0.2, 0) is 16.0 Å². The molecule has 1 aliphatic heterocycles. The van der Waals surface area contributed by atoms with Gasteiger partial charge in [-0.1, -0.05) is 23.8 Å². The van der Waals surface area contributed by atoms with Crippen molar-refractivity contribution in [2.24, 2.45) is 17.8 Å². The molecule has 0 radical (unpaired) electrons. The van der Waals surface area contributed by atoms with Crippen LogP contribution in [0.2, 0.25) is 5.02 Å². The van der Waals surface area contributed by atoms with Gasteiger partial charge in [-0.05, 0) is 50.2 Å². The molecule has 0 spiro atoms. The maximum atomic E-state index is 12.9. The second-order valence-corrected chi connectivity index (χ2v) is 10.4. The Bertz CT molecular complexity index is 1250. The van der Waals surface area contributed by atoms with E-state index in [9.17, 15) is 9.59 Å². The van der Waals surface area contributed by atoms with Crippen molar-refractivity contribution < 1.29 is 14.3 Å². The number of carbonyl (C=O) groups is 2. The summed E-state index contributed by atoms with van der Waals surface area (Å²) in [6.45, 7) is 2.58. The van der Waals surface area contributed by atoms with Gasteiger partial charge in [-0.3, -0.25) is 9.59 Å². The number of hydrogen-bond donors (Lipinski definition) is 2. The number of carbonyl (C=O) groups excluding carboxylic acids is 2. The summed E-state index contributed by atoms with van der Waals surface area (Å²) in [6, 6.07) is 3.74. The van der Waals surface area contributed by atoms with Crippen molar-refractivity contribution in [2.75, 3.05) is 43.3 Å². The van der Waals surface area contributed by atoms with Crippen LogP contribution in [0.5, 0.6) is 5.75 Å². The molecule has 2 amide bonds. The minimum absolute atomic E-state index is 0.0928. The summed E-state index contributed by atoms with van der Waals surface area (Å²) in [4.78, 5) is 38.0. The Hall–Kier alpha value is -3.33. The maximum Gasteiger partial charge on any atom is 0.229 e. The number of rotatable bonds is 7. The van der Waals surface area contributed by atoms with Gasteiger partial charge in [0.2, 0.25) is 17.8 Å². The van der Waals surface area contributed by atoms with Crippen molar-refractivity contribution >= 4 is 46.6 Å². The third-order valence-electron chi connectivity index (χ3n) is 7.64. The predicted octanol–water partition coefficient (Wildman–Crippen LogP) is 4.26. The van der Waals surface area contributed by atoms with Crippen LogP contribution in [0.4, 0.5) is 23.1 Å². The third-order valence-corrected chi connectivity index (χ3v) is 7.92. The third kappa shape index (κ3) is 4.61. The maximum absolute atomic E-state index is 12.9. The average molecular weight is 525 g/mol. The number of anilines is 4. The van der Waals surface area contributed by atoms with Gasteiger partial charge in [0, 0.05) is 38.7 Å². The highest BCUT2D eigenvalue weighted by atomic mass is 35.5. The molecule has 2 bridgehead atoms. The quantitative estimate of drug-likeness (QED) is 0.522. The number of benzene rings is 1. The molecule has 4 atom stereocenters. The van der Waals surface area contributed by atoms with Crippen LogP contribution in [0, 0.1) is 17.8 Å². The monoisotopic (exact) mass is 524 g/mol. The molecule has 2 N–H and O–H groups in total. The molecular formula is C27H33ClN6O3. The molecule has 37 heavy (non-hydrogen) atoms. The van der Waals surface area contributed by atoms with Crippen LogP contribution in [0.25, 0.3) is 0 Å². The first-order valence-corrected chi connectivity index (χ1v) is 13.2. The van der Waals surface area contributed by atoms with Crippen LogP contribution >= 0.6 is 11.6 Å². The normalized spacial score (nSPS) is 24.0. The van der Waals surface area contributed by atoms with Crippen molar-refractivity contribution in [3.05, 3.63) is 41.1 Å². The minimum atomic E-state index is -0.165. The standard InChI is InChI=1S/C27H33ClN6O3/c1-5-34-20-12-11-19(24(37-4)17(20)7-6-8-21(34)35)30-27-29-14-18(28)25(32-27)31-23-16-10-9-15(13-16)22(23)26(36)33(2)3/h9-12,14-16,22-23H,5-8,13H2,1-4H3,(H2,29,30,31,32)/t15-,16+,22+,23-/m0/s1. The number of fused-ring (bicyclic) bond motifs is 3. The molecule has 0 saturated heterocycles. The lowest BCUT2D eigenvalue weighted by atomic mass is 9.87. The molecule has 1 saturated carbocycles. The van der Waals surface area contributed by atoms with Gasteiger partial charge in [-0.15, -0.1) is 0 Å². The van der Waals surface area contributed by atoms with Gasteiger partial charge in [0.05, 0.1) is 30.6 Å². The largest absolute Gasteiger partial charge is 0.494 e. The number of amides is 2. The Morgan fingerprint density at radius 1 is 1.24 bits per heavy atom. The van der Waals surface area contributed by atoms with Crippen LogP contribution in [0.3, 0.4) is 0 Å². The van der Waals surface area contributed by atoms with Crippen molar-refractivity contribution in [1.29, 1.82) is 0 Å². The van der Waals surface area contributed by atoms with Crippen molar-refractivity contribution in [3.8, 4) is 5.75 Å². The smallest absolute Gasteiger partial charge is 0.229 e. The lowest BCUT2D eigenvalue weighted by Crippen LogP contribution is -2.43. The SMILES string of the molecule is CCN1C(=O)CCCc2c1ccc(Nc1ncc(Cl)c(N[C@@H]3[C@H](C(=O)N(C)C)[C@H]4C=C[C@@H]3C4)n1)c2OC. The Kier molecular flexibility index (Phi) is 6.98. The minimum Gasteiger partial charge on any atom is -0.494 e. The van der Waals surface area contributed by atoms with Gasteiger partial charge in [-0.2, -0.15) is 4.98 Å². The topological polar surface area (TPSA) is 99.7 Å². The van der Waals surface area contributed by atoms with E-state index in [1.807, 2.05) is 24.0 Å². The van der Waals surface area contributed by atoms with E-state index in [0.29, 0.717) is 41.2 Å². The van der Waals surface area contributed by atoms with E-state index in [4.69, 9.17) is 16.3 Å². The molecule has 2 aliphatic carbocycles. The number of hydrogen-bond acceptors (Lipinski definition) is 7. The van der Waals surface area contributed by atoms with Gasteiger partial charge >= 0.3 is 0 Å². The molecule has 1 fully saturated rings. The Balaban J connectivity index is 1.42. The summed E-state index contributed by atoms with van der Waals surface area (Å²) in [5.41, 5.74) is 2.59. The molecule has 3 aliphatic rings. The van der Waals surface area contributed by atoms with Crippen molar-refractivity contribution in [3.63, 3.8) is 0 Å². The number of allylic oxidation sites excluding steroid dienone is 1. The first kappa shape index (κ1) is 25.3. The Morgan fingerprint density at radius 3 is 2.76 bits per heavy atom. The van der Waals surface area contributed by atoms with Gasteiger partial charge in [0.1, 0.15) is 10.8 Å². The van der Waals surface area contributed by atoms with E-state index in [-0.39, 0.29) is 35.6 Å². The van der Waals surface area contributed by atoms with Gasteiger partial charge < -0.3 is 25.2 Å². The van der Waals surface area contributed by atoms with E-state index in [1.54, 1.807) is 32.3 Å². The highest BCUT2D eigenvalue weighted by molar-refractivity contribution is 6.32. The zero-order valence-electron chi connectivity index (χ0n) is 21.6. The van der Waals surface area contributed by atoms with E-state index in [1.165, 1.54) is 0 Å². The van der Waals surface area contributed by atoms with E-state index >= 15 is 0 Å². The summed E-state index contributed by atoms with van der Waals surface area (Å²) >= 11 is 6.50. The zero-order valence-corrected chi connectivity index (χ0v) is 22.4. The molecule has 0 unspecified atom stereocenters. The number of ether oxygens (including phenoxy) is 1. The fourth-order valence-corrected chi connectivity index (χ4v) is 6.08. The fraction of sp³-hybridized carbons (Fsp3) is 0.481. The number of methoxy groups -OCH3 is 1. The van der Waals surface area contributed by atoms with Crippen molar-refractivity contribution in [2.45, 2.75) is 38.6 Å². The second kappa shape index (κ2) is 10.2. The highest BCUT2D eigenvalue weighted by Crippen LogP contribution is 2.46. The molecule has 2 heterocycles. The first-order valence-electron chi connectivity index (χ1n) is 12.8. The fourth-order valence-electron chi connectivity index (χ4n) is 5.94. The number of nitrogens with one attached hydrogen (secondary N) is 2. The van der Waals surface area contributed by atoms with Gasteiger partial charge in [0.25, 0.3) is 0 Å². The summed E-state index contributed by atoms with van der Waals surface area (Å²) in [5.74, 6) is 2.04. The molecular weight excluding hydrogens is 492 g/mol. The van der Waals surface area contributed by atoms with Crippen LogP contribution < -0.4 is 20.3 Å². The Labute approximate surface area is 222 Å². The number of aromatic nitrogens is 2. The van der Waals surface area contributed by atoms with Gasteiger partial charge in [-0.25, -0.2) is 4.98 Å². The van der Waals surface area contributed by atoms with Crippen LogP contribution in [0.1, 0.15) is 31.7 Å². The first-order chi connectivity index (χ1) is 17.8. The highest BCUT2D eigenvalue weighted by Gasteiger charge is 2.49. The van der Waals surface area contributed by atoms with Crippen molar-refractivity contribution in [1.82, 2.24) is 14.9 Å². The summed E-state index contributed by atoms with van der Waals surface area (Å²) in [6.07, 6.45) is 8.85. The molecule has 9 nitrogen and oxygen atoms in total. The summed E-state index contributed by atoms with van der Waals surface area (Å²) in [7, 11) is 5.21. The summed E-state index contributed by atoms with van der Waals surface area (Å²) in [5, 5.41) is 7.13. The van der Waals surface area contributed by atoms with Crippen LogP contribution in [-0.4, -0.2) is 60.5 Å². The van der Waals surface area contributed by atoms with Crippen LogP contribution in [0.15, 0.2) is 30.5 Å². The summed E-state index contributed by atoms with van der Waals surface area (Å²) < 4.78 is 5.81. The Morgan fingerprint density at radius 2 is 2.03 bits per heavy atom. The van der Waals surface area contributed by atoms with Gasteiger partial charge in [0.15, 0.2) is 5.82 Å². The molecule has 1 aromatic carbocycles. The molecule has 5 rings (SSSR count). The molecule has 2 aromatic rings. The average Bonchev–Trinajstić information content (AvgIpc) is 3.44. The second-order valence-electron chi connectivity index (χ2n) is 10.0. The number of halogens is 1. The molecule has 1 aromatic heterocycles. The zero-order chi connectivity index (χ0) is 26.3. The lowest BCUT2D eigenvalue weighted by molar-refractivity contribution is -0.134. The van der Waals surface area contributed by atoms with E-state index in [2.05, 4.69) is 32.8 Å². The molecule has 10 heteroatoms.